The standard InChI is InChI=1S/C16H18N2.FH/c1-4-18(13-8-5-11(2)6-9-13)14-10-7-12(3)15-16(14)17-15;/h5-10,17H,4H2,1-3H3;1H. The molecule has 0 fully saturated rings. The molecule has 1 heterocycles. The number of nitrogens with zero attached hydrogens (tertiary/aromatic N) is 1. The van der Waals surface area contributed by atoms with E-state index in [2.05, 4.69) is 67.4 Å². The molecule has 3 rings (SSSR count). The largest absolute Gasteiger partial charge is 0.350 e. The fourth-order valence-corrected chi connectivity index (χ4v) is 2.39. The molecule has 1 aliphatic heterocycles. The van der Waals surface area contributed by atoms with Crippen LogP contribution in [0.15, 0.2) is 36.4 Å². The SMILES string of the molecule is CCN(c1ccc(C)cc1)c1ccc(C)c2c1N2.F. The second kappa shape index (κ2) is 4.92. The zero-order chi connectivity index (χ0) is 12.7. The number of aryl methyl sites for hydroxylation is 2. The van der Waals surface area contributed by atoms with Gasteiger partial charge in [-0.25, -0.2) is 0 Å². The maximum absolute atomic E-state index is 3.38. The summed E-state index contributed by atoms with van der Waals surface area (Å²) in [6.07, 6.45) is 0. The van der Waals surface area contributed by atoms with E-state index in [0.29, 0.717) is 0 Å². The summed E-state index contributed by atoms with van der Waals surface area (Å²) in [4.78, 5) is 2.34. The highest BCUT2D eigenvalue weighted by atomic mass is 19.0. The summed E-state index contributed by atoms with van der Waals surface area (Å²) in [6.45, 7) is 7.43. The molecule has 0 amide bonds. The van der Waals surface area contributed by atoms with Gasteiger partial charge < -0.3 is 10.2 Å². The van der Waals surface area contributed by atoms with E-state index in [9.17, 15) is 0 Å². The summed E-state index contributed by atoms with van der Waals surface area (Å²) in [5.41, 5.74) is 7.75. The van der Waals surface area contributed by atoms with Crippen LogP contribution in [-0.4, -0.2) is 6.54 Å². The van der Waals surface area contributed by atoms with Crippen molar-refractivity contribution in [1.29, 1.82) is 0 Å². The van der Waals surface area contributed by atoms with Crippen molar-refractivity contribution < 1.29 is 4.70 Å². The van der Waals surface area contributed by atoms with Crippen molar-refractivity contribution in [3.05, 3.63) is 47.5 Å². The fraction of sp³-hybridized carbons (Fsp3) is 0.250. The first-order chi connectivity index (χ1) is 8.70. The van der Waals surface area contributed by atoms with Gasteiger partial charge in [0.1, 0.15) is 0 Å². The quantitative estimate of drug-likeness (QED) is 0.690. The second-order valence-electron chi connectivity index (χ2n) is 4.86. The summed E-state index contributed by atoms with van der Waals surface area (Å²) in [7, 11) is 0. The Labute approximate surface area is 113 Å². The van der Waals surface area contributed by atoms with E-state index in [1.165, 1.54) is 33.9 Å². The summed E-state index contributed by atoms with van der Waals surface area (Å²) >= 11 is 0. The number of benzene rings is 2. The maximum Gasteiger partial charge on any atom is 0.0868 e. The lowest BCUT2D eigenvalue weighted by atomic mass is 10.1. The minimum atomic E-state index is 0. The molecule has 0 radical (unpaired) electrons. The van der Waals surface area contributed by atoms with E-state index in [0.717, 1.165) is 6.54 Å². The van der Waals surface area contributed by atoms with E-state index in [1.807, 2.05) is 0 Å². The van der Waals surface area contributed by atoms with E-state index in [1.54, 1.807) is 0 Å². The predicted octanol–water partition coefficient (Wildman–Crippen LogP) is 4.67. The van der Waals surface area contributed by atoms with Gasteiger partial charge in [0, 0.05) is 12.2 Å². The monoisotopic (exact) mass is 258 g/mol. The van der Waals surface area contributed by atoms with Crippen LogP contribution >= 0.6 is 0 Å². The molecule has 19 heavy (non-hydrogen) atoms. The van der Waals surface area contributed by atoms with E-state index in [4.69, 9.17) is 0 Å². The van der Waals surface area contributed by atoms with Crippen LogP contribution in [0, 0.1) is 13.8 Å². The fourth-order valence-electron chi connectivity index (χ4n) is 2.39. The van der Waals surface area contributed by atoms with E-state index >= 15 is 0 Å². The third-order valence-corrected chi connectivity index (χ3v) is 3.53. The number of hydrogen-bond acceptors (Lipinski definition) is 2. The van der Waals surface area contributed by atoms with Crippen molar-refractivity contribution in [2.45, 2.75) is 20.8 Å². The van der Waals surface area contributed by atoms with Gasteiger partial charge in [-0.2, -0.15) is 0 Å². The summed E-state index contributed by atoms with van der Waals surface area (Å²) in [6, 6.07) is 13.1. The van der Waals surface area contributed by atoms with Crippen LogP contribution in [0.3, 0.4) is 0 Å². The van der Waals surface area contributed by atoms with Crippen LogP contribution in [-0.2, 0) is 0 Å². The van der Waals surface area contributed by atoms with Crippen molar-refractivity contribution >= 4 is 22.7 Å². The highest BCUT2D eigenvalue weighted by Gasteiger charge is 2.25. The van der Waals surface area contributed by atoms with Crippen LogP contribution in [0.5, 0.6) is 0 Å². The highest BCUT2D eigenvalue weighted by molar-refractivity contribution is 6.03. The molecular formula is C16H19FN2. The zero-order valence-electron chi connectivity index (χ0n) is 11.5. The zero-order valence-corrected chi connectivity index (χ0v) is 11.5. The molecule has 0 bridgehead atoms. The Morgan fingerprint density at radius 3 is 2.26 bits per heavy atom. The van der Waals surface area contributed by atoms with Gasteiger partial charge in [-0.05, 0) is 44.5 Å². The van der Waals surface area contributed by atoms with Gasteiger partial charge in [0.15, 0.2) is 0 Å². The third-order valence-electron chi connectivity index (χ3n) is 3.53. The van der Waals surface area contributed by atoms with Gasteiger partial charge in [-0.15, -0.1) is 0 Å². The molecular weight excluding hydrogens is 239 g/mol. The van der Waals surface area contributed by atoms with Crippen molar-refractivity contribution in [1.82, 2.24) is 0 Å². The Hall–Kier alpha value is -2.03. The summed E-state index contributed by atoms with van der Waals surface area (Å²) in [5.74, 6) is 0. The number of hydrogen-bond donors (Lipinski definition) is 1. The van der Waals surface area contributed by atoms with Crippen molar-refractivity contribution in [2.75, 3.05) is 16.8 Å². The summed E-state index contributed by atoms with van der Waals surface area (Å²) in [5, 5.41) is 3.38. The molecule has 0 aliphatic carbocycles. The Kier molecular flexibility index (Phi) is 3.47. The molecule has 2 aromatic carbocycles. The number of nitrogens with one attached hydrogen (secondary N) is 1. The molecule has 0 saturated carbocycles. The van der Waals surface area contributed by atoms with Crippen molar-refractivity contribution in [3.63, 3.8) is 0 Å². The smallest absolute Gasteiger partial charge is 0.0868 e. The van der Waals surface area contributed by atoms with E-state index in [-0.39, 0.29) is 4.70 Å². The first-order valence-corrected chi connectivity index (χ1v) is 6.45. The molecule has 0 saturated heterocycles. The van der Waals surface area contributed by atoms with Gasteiger partial charge in [-0.1, -0.05) is 23.8 Å². The van der Waals surface area contributed by atoms with Crippen LogP contribution in [0.2, 0.25) is 0 Å². The number of rotatable bonds is 3. The Balaban J connectivity index is 0.00000133. The first-order valence-electron chi connectivity index (χ1n) is 6.45. The number of anilines is 4. The molecule has 1 aliphatic rings. The van der Waals surface area contributed by atoms with Crippen molar-refractivity contribution in [2.24, 2.45) is 0 Å². The average molecular weight is 258 g/mol. The minimum absolute atomic E-state index is 0. The molecule has 2 nitrogen and oxygen atoms in total. The van der Waals surface area contributed by atoms with Gasteiger partial charge in [-0.3, -0.25) is 4.70 Å². The van der Waals surface area contributed by atoms with Crippen LogP contribution < -0.4 is 10.2 Å². The molecule has 100 valence electrons. The molecule has 0 atom stereocenters. The minimum Gasteiger partial charge on any atom is -0.350 e. The Bertz CT molecular complexity index is 590. The lowest BCUT2D eigenvalue weighted by Gasteiger charge is -2.23. The van der Waals surface area contributed by atoms with Gasteiger partial charge in [0.05, 0.1) is 17.1 Å². The normalized spacial score (nSPS) is 11.1. The molecule has 0 unspecified atom stereocenters. The molecule has 0 aromatic heterocycles. The predicted molar refractivity (Wildman–Crippen MR) is 80.8 cm³/mol. The Morgan fingerprint density at radius 1 is 0.947 bits per heavy atom. The lowest BCUT2D eigenvalue weighted by molar-refractivity contribution is 1.03. The van der Waals surface area contributed by atoms with Crippen LogP contribution in [0.4, 0.5) is 27.5 Å². The highest BCUT2D eigenvalue weighted by Crippen LogP contribution is 2.50. The lowest BCUT2D eigenvalue weighted by Crippen LogP contribution is -2.15. The van der Waals surface area contributed by atoms with Crippen molar-refractivity contribution in [3.8, 4) is 0 Å². The van der Waals surface area contributed by atoms with Gasteiger partial charge in [0.25, 0.3) is 0 Å². The van der Waals surface area contributed by atoms with Crippen LogP contribution in [0.25, 0.3) is 0 Å². The topological polar surface area (TPSA) is 25.2 Å². The summed E-state index contributed by atoms with van der Waals surface area (Å²) < 4.78 is 0. The second-order valence-corrected chi connectivity index (χ2v) is 4.86. The first kappa shape index (κ1) is 13.4. The number of halogens is 1. The maximum atomic E-state index is 3.38. The van der Waals surface area contributed by atoms with Gasteiger partial charge >= 0.3 is 0 Å². The third kappa shape index (κ3) is 2.28. The average Bonchev–Trinajstić information content (AvgIpc) is 3.16. The molecule has 2 aromatic rings. The van der Waals surface area contributed by atoms with Crippen LogP contribution in [0.1, 0.15) is 18.1 Å². The molecule has 3 heteroatoms. The van der Waals surface area contributed by atoms with Gasteiger partial charge in [0.2, 0.25) is 0 Å². The van der Waals surface area contributed by atoms with E-state index < -0.39 is 0 Å². The molecule has 0 spiro atoms. The Morgan fingerprint density at radius 2 is 1.63 bits per heavy atom. The number of fused-ring (bicyclic) bond motifs is 1. The molecule has 1 N–H and O–H groups in total.